The fraction of sp³-hybridized carbons (Fsp3) is 0.500. The summed E-state index contributed by atoms with van der Waals surface area (Å²) in [6, 6.07) is 0. The average Bonchev–Trinajstić information content (AvgIpc) is 1.87. The summed E-state index contributed by atoms with van der Waals surface area (Å²) in [7, 11) is 0. The van der Waals surface area contributed by atoms with Crippen LogP contribution in [0.1, 0.15) is 19.3 Å². The van der Waals surface area contributed by atoms with E-state index in [1.54, 1.807) is 0 Å². The number of hydrogen-bond acceptors (Lipinski definition) is 4. The summed E-state index contributed by atoms with van der Waals surface area (Å²) in [6.07, 6.45) is 0.0704. The van der Waals surface area contributed by atoms with Crippen molar-refractivity contribution in [3.8, 4) is 0 Å². The first-order valence-electron chi connectivity index (χ1n) is 3.01. The summed E-state index contributed by atoms with van der Waals surface area (Å²) in [4.78, 5) is 29.8. The van der Waals surface area contributed by atoms with Gasteiger partial charge >= 0.3 is 18.4 Å². The predicted octanol–water partition coefficient (Wildman–Crippen LogP) is -0.0591. The van der Waals surface area contributed by atoms with Gasteiger partial charge in [-0.15, -0.1) is 0 Å². The molecule has 0 bridgehead atoms. The Morgan fingerprint density at radius 2 is 2.00 bits per heavy atom. The monoisotopic (exact) mass is 160 g/mol. The lowest BCUT2D eigenvalue weighted by Crippen LogP contribution is -2.03. The minimum atomic E-state index is -0.969. The van der Waals surface area contributed by atoms with Crippen molar-refractivity contribution >= 4 is 18.4 Å². The van der Waals surface area contributed by atoms with Gasteiger partial charge in [-0.1, -0.05) is 0 Å². The molecule has 0 rings (SSSR count). The molecule has 0 saturated heterocycles. The Morgan fingerprint density at radius 3 is 2.45 bits per heavy atom. The van der Waals surface area contributed by atoms with E-state index in [2.05, 4.69) is 4.74 Å². The van der Waals surface area contributed by atoms with E-state index in [0.717, 1.165) is 0 Å². The van der Waals surface area contributed by atoms with E-state index in [1.165, 1.54) is 0 Å². The molecule has 0 saturated carbocycles. The summed E-state index contributed by atoms with van der Waals surface area (Å²) in [5, 5.41) is 8.13. The van der Waals surface area contributed by atoms with Crippen molar-refractivity contribution in [3.05, 3.63) is 0 Å². The third-order valence-electron chi connectivity index (χ3n) is 0.951. The molecule has 0 spiro atoms. The normalized spacial score (nSPS) is 8.73. The van der Waals surface area contributed by atoms with Crippen molar-refractivity contribution < 1.29 is 24.2 Å². The molecule has 0 aliphatic carbocycles. The SMILES string of the molecule is O=COC(=O)CCCC(=O)O. The summed E-state index contributed by atoms with van der Waals surface area (Å²) in [5.41, 5.74) is 0. The zero-order chi connectivity index (χ0) is 8.69. The maximum absolute atomic E-state index is 10.4. The first-order valence-corrected chi connectivity index (χ1v) is 3.01. The molecular weight excluding hydrogens is 152 g/mol. The van der Waals surface area contributed by atoms with E-state index >= 15 is 0 Å². The molecule has 0 aromatic heterocycles. The van der Waals surface area contributed by atoms with Gasteiger partial charge in [0.2, 0.25) is 0 Å². The molecular formula is C6H8O5. The fourth-order valence-corrected chi connectivity index (χ4v) is 0.497. The van der Waals surface area contributed by atoms with Crippen LogP contribution in [0.4, 0.5) is 0 Å². The van der Waals surface area contributed by atoms with Crippen LogP contribution in [-0.2, 0) is 19.1 Å². The summed E-state index contributed by atoms with van der Waals surface area (Å²) in [5.74, 6) is -1.66. The quantitative estimate of drug-likeness (QED) is 0.346. The molecule has 0 aromatic carbocycles. The highest BCUT2D eigenvalue weighted by atomic mass is 16.6. The third kappa shape index (κ3) is 6.50. The van der Waals surface area contributed by atoms with Crippen molar-refractivity contribution in [2.75, 3.05) is 0 Å². The molecule has 0 atom stereocenters. The van der Waals surface area contributed by atoms with Crippen molar-refractivity contribution in [1.29, 1.82) is 0 Å². The zero-order valence-corrected chi connectivity index (χ0v) is 5.78. The fourth-order valence-electron chi connectivity index (χ4n) is 0.497. The molecule has 62 valence electrons. The minimum absolute atomic E-state index is 0.0309. The Labute approximate surface area is 63.0 Å². The molecule has 0 heterocycles. The number of hydrogen-bond donors (Lipinski definition) is 1. The number of carbonyl (C=O) groups excluding carboxylic acids is 2. The van der Waals surface area contributed by atoms with Gasteiger partial charge in [0.1, 0.15) is 0 Å². The maximum atomic E-state index is 10.4. The first kappa shape index (κ1) is 9.61. The van der Waals surface area contributed by atoms with Gasteiger partial charge in [-0.05, 0) is 6.42 Å². The lowest BCUT2D eigenvalue weighted by atomic mass is 10.2. The van der Waals surface area contributed by atoms with Crippen molar-refractivity contribution in [1.82, 2.24) is 0 Å². The van der Waals surface area contributed by atoms with Crippen LogP contribution in [0.3, 0.4) is 0 Å². The van der Waals surface area contributed by atoms with Crippen LogP contribution < -0.4 is 0 Å². The van der Waals surface area contributed by atoms with Gasteiger partial charge < -0.3 is 9.84 Å². The highest BCUT2D eigenvalue weighted by molar-refractivity contribution is 5.76. The molecule has 0 aliphatic heterocycles. The van der Waals surface area contributed by atoms with E-state index in [0.29, 0.717) is 0 Å². The molecule has 5 heteroatoms. The molecule has 1 N–H and O–H groups in total. The van der Waals surface area contributed by atoms with Gasteiger partial charge in [-0.2, -0.15) is 0 Å². The number of esters is 1. The van der Waals surface area contributed by atoms with Gasteiger partial charge in [0.05, 0.1) is 0 Å². The van der Waals surface area contributed by atoms with Gasteiger partial charge in [0.25, 0.3) is 0 Å². The van der Waals surface area contributed by atoms with E-state index in [4.69, 9.17) is 5.11 Å². The molecule has 5 nitrogen and oxygen atoms in total. The Bertz CT molecular complexity index is 162. The minimum Gasteiger partial charge on any atom is -0.481 e. The second-order valence-electron chi connectivity index (χ2n) is 1.83. The summed E-state index contributed by atoms with van der Waals surface area (Å²) in [6.45, 7) is 0.0309. The smallest absolute Gasteiger partial charge is 0.313 e. The molecule has 11 heavy (non-hydrogen) atoms. The number of aliphatic carboxylic acids is 1. The molecule has 0 aromatic rings. The second kappa shape index (κ2) is 5.40. The van der Waals surface area contributed by atoms with Gasteiger partial charge in [0, 0.05) is 12.8 Å². The van der Waals surface area contributed by atoms with E-state index in [1.807, 2.05) is 0 Å². The second-order valence-corrected chi connectivity index (χ2v) is 1.83. The van der Waals surface area contributed by atoms with Gasteiger partial charge in [0.15, 0.2) is 0 Å². The molecule has 0 aliphatic rings. The van der Waals surface area contributed by atoms with Gasteiger partial charge in [-0.25, -0.2) is 0 Å². The summed E-state index contributed by atoms with van der Waals surface area (Å²) >= 11 is 0. The number of carbonyl (C=O) groups is 3. The Balaban J connectivity index is 3.31. The lowest BCUT2D eigenvalue weighted by molar-refractivity contribution is -0.151. The van der Waals surface area contributed by atoms with Gasteiger partial charge in [-0.3, -0.25) is 14.4 Å². The largest absolute Gasteiger partial charge is 0.481 e. The van der Waals surface area contributed by atoms with Crippen molar-refractivity contribution in [3.63, 3.8) is 0 Å². The van der Waals surface area contributed by atoms with E-state index < -0.39 is 11.9 Å². The Kier molecular flexibility index (Phi) is 4.72. The molecule has 0 amide bonds. The van der Waals surface area contributed by atoms with Crippen LogP contribution in [0.25, 0.3) is 0 Å². The van der Waals surface area contributed by atoms with Crippen LogP contribution in [0.15, 0.2) is 0 Å². The van der Waals surface area contributed by atoms with Crippen molar-refractivity contribution in [2.24, 2.45) is 0 Å². The number of rotatable bonds is 5. The number of ether oxygens (including phenoxy) is 1. The van der Waals surface area contributed by atoms with Crippen LogP contribution >= 0.6 is 0 Å². The van der Waals surface area contributed by atoms with Crippen LogP contribution in [0.2, 0.25) is 0 Å². The number of carboxylic acid groups (broad SMARTS) is 1. The average molecular weight is 160 g/mol. The van der Waals surface area contributed by atoms with Crippen molar-refractivity contribution in [2.45, 2.75) is 19.3 Å². The third-order valence-corrected chi connectivity index (χ3v) is 0.951. The highest BCUT2D eigenvalue weighted by Gasteiger charge is 2.03. The topological polar surface area (TPSA) is 80.7 Å². The highest BCUT2D eigenvalue weighted by Crippen LogP contribution is 1.96. The predicted molar refractivity (Wildman–Crippen MR) is 33.6 cm³/mol. The van der Waals surface area contributed by atoms with Crippen LogP contribution in [0.5, 0.6) is 0 Å². The summed E-state index contributed by atoms with van der Waals surface area (Å²) < 4.78 is 3.91. The molecule has 0 radical (unpaired) electrons. The lowest BCUT2D eigenvalue weighted by Gasteiger charge is -1.93. The van der Waals surface area contributed by atoms with Crippen LogP contribution in [0, 0.1) is 0 Å². The molecule has 0 unspecified atom stereocenters. The van der Waals surface area contributed by atoms with Crippen LogP contribution in [-0.4, -0.2) is 23.5 Å². The maximum Gasteiger partial charge on any atom is 0.313 e. The molecule has 0 fully saturated rings. The Hall–Kier alpha value is -1.39. The standard InChI is InChI=1S/C6H8O5/c7-4-11-6(10)3-1-2-5(8)9/h4H,1-3H2,(H,8,9). The number of carboxylic acids is 1. The zero-order valence-electron chi connectivity index (χ0n) is 5.78. The first-order chi connectivity index (χ1) is 5.16. The Morgan fingerprint density at radius 1 is 1.36 bits per heavy atom. The van der Waals surface area contributed by atoms with E-state index in [9.17, 15) is 14.4 Å². The van der Waals surface area contributed by atoms with E-state index in [-0.39, 0.29) is 25.7 Å².